The number of hydrogen-bond acceptors (Lipinski definition) is 2. The highest BCUT2D eigenvalue weighted by atomic mass is 127. The van der Waals surface area contributed by atoms with E-state index in [4.69, 9.17) is 22.3 Å². The van der Waals surface area contributed by atoms with E-state index in [1.807, 2.05) is 0 Å². The van der Waals surface area contributed by atoms with Crippen molar-refractivity contribution in [3.05, 3.63) is 27.4 Å². The Hall–Kier alpha value is 1.18. The van der Waals surface area contributed by atoms with E-state index in [1.165, 1.54) is 15.2 Å². The molecule has 2 aromatic rings. The third kappa shape index (κ3) is 2.21. The Morgan fingerprint density at radius 2 is 2.12 bits per heavy atom. The van der Waals surface area contributed by atoms with Gasteiger partial charge in [-0.2, -0.15) is 0 Å². The average molecular weight is 473 g/mol. The Bertz CT molecular complexity index is 563. The van der Waals surface area contributed by atoms with E-state index >= 15 is 0 Å². The first kappa shape index (κ1) is 13.6. The van der Waals surface area contributed by atoms with Crippen LogP contribution in [0.2, 0.25) is 5.02 Å². The lowest BCUT2D eigenvalue weighted by molar-refractivity contribution is 0.635. The van der Waals surface area contributed by atoms with Gasteiger partial charge in [0.05, 0.1) is 10.5 Å². The molecule has 0 atom stereocenters. The lowest BCUT2D eigenvalue weighted by Crippen LogP contribution is -1.88. The number of halogens is 5. The summed E-state index contributed by atoms with van der Waals surface area (Å²) in [4.78, 5) is 0. The van der Waals surface area contributed by atoms with Gasteiger partial charge < -0.3 is 0 Å². The van der Waals surface area contributed by atoms with Crippen LogP contribution in [0.1, 0.15) is 0 Å². The monoisotopic (exact) mass is 471 g/mol. The molecule has 0 saturated carbocycles. The normalized spacial score (nSPS) is 11.3. The maximum absolute atomic E-state index is 13.8. The van der Waals surface area contributed by atoms with E-state index in [2.05, 4.69) is 37.1 Å². The average Bonchev–Trinajstić information content (AvgIpc) is 2.64. The molecule has 1 heterocycles. The molecular formula is C8H2BrCl2FINS2. The molecule has 0 spiro atoms. The van der Waals surface area contributed by atoms with Crippen LogP contribution in [0, 0.1) is 5.82 Å². The Morgan fingerprint density at radius 1 is 1.44 bits per heavy atom. The standard InChI is InChI=1S/C8H2BrCl2FINS2/c9-7-3-1-6(15-11)14(16-13)8(3)5(12)2-4(7)10/h1-2H. The molecule has 0 aliphatic rings. The van der Waals surface area contributed by atoms with Gasteiger partial charge in [0.1, 0.15) is 10.8 Å². The maximum Gasteiger partial charge on any atom is 0.149 e. The molecule has 16 heavy (non-hydrogen) atoms. The molecule has 1 aromatic heterocycles. The fraction of sp³-hybridized carbons (Fsp3) is 0. The first-order valence-electron chi connectivity index (χ1n) is 3.86. The summed E-state index contributed by atoms with van der Waals surface area (Å²) < 4.78 is 16.2. The van der Waals surface area contributed by atoms with E-state index in [0.717, 1.165) is 21.4 Å². The van der Waals surface area contributed by atoms with Crippen LogP contribution in [-0.4, -0.2) is 3.97 Å². The zero-order valence-corrected chi connectivity index (χ0v) is 14.2. The van der Waals surface area contributed by atoms with E-state index in [-0.39, 0.29) is 5.82 Å². The number of nitrogens with zero attached hydrogens (tertiary/aromatic N) is 1. The van der Waals surface area contributed by atoms with E-state index in [1.54, 1.807) is 10.0 Å². The van der Waals surface area contributed by atoms with Crippen LogP contribution in [0.25, 0.3) is 10.9 Å². The topological polar surface area (TPSA) is 4.93 Å². The van der Waals surface area contributed by atoms with Crippen LogP contribution in [0.5, 0.6) is 0 Å². The molecule has 0 amide bonds. The Labute approximate surface area is 130 Å². The van der Waals surface area contributed by atoms with Gasteiger partial charge in [0.25, 0.3) is 0 Å². The minimum Gasteiger partial charge on any atom is -0.265 e. The maximum atomic E-state index is 13.8. The molecule has 86 valence electrons. The van der Waals surface area contributed by atoms with Crippen LogP contribution in [0.4, 0.5) is 4.39 Å². The summed E-state index contributed by atoms with van der Waals surface area (Å²) in [5.41, 5.74) is 0.485. The molecule has 2 rings (SSSR count). The molecule has 0 N–H and O–H groups in total. The van der Waals surface area contributed by atoms with E-state index in [0.29, 0.717) is 15.0 Å². The molecule has 0 aliphatic carbocycles. The molecule has 1 aromatic carbocycles. The van der Waals surface area contributed by atoms with Crippen LogP contribution in [0.3, 0.4) is 0 Å². The second-order valence-electron chi connectivity index (χ2n) is 2.84. The van der Waals surface area contributed by atoms with Crippen LogP contribution in [-0.2, 0) is 0 Å². The van der Waals surface area contributed by atoms with Gasteiger partial charge in [0.15, 0.2) is 0 Å². The summed E-state index contributed by atoms with van der Waals surface area (Å²) >= 11 is 11.3. The summed E-state index contributed by atoms with van der Waals surface area (Å²) in [7, 11) is 8.15. The number of hydrogen-bond donors (Lipinski definition) is 0. The van der Waals surface area contributed by atoms with Crippen LogP contribution >= 0.6 is 79.5 Å². The van der Waals surface area contributed by atoms with Gasteiger partial charge in [0.2, 0.25) is 0 Å². The highest BCUT2D eigenvalue weighted by Gasteiger charge is 2.17. The highest BCUT2D eigenvalue weighted by Crippen LogP contribution is 2.41. The fourth-order valence-corrected chi connectivity index (χ4v) is 4.98. The third-order valence-electron chi connectivity index (χ3n) is 2.00. The van der Waals surface area contributed by atoms with Gasteiger partial charge in [-0.25, -0.2) is 4.39 Å². The molecule has 0 radical (unpaired) electrons. The molecule has 8 heteroatoms. The Balaban J connectivity index is 2.91. The summed E-state index contributed by atoms with van der Waals surface area (Å²) in [5, 5.41) is 1.84. The van der Waals surface area contributed by atoms with Gasteiger partial charge in [-0.15, -0.1) is 0 Å². The number of rotatable bonds is 2. The van der Waals surface area contributed by atoms with Gasteiger partial charge in [-0.1, -0.05) is 11.6 Å². The van der Waals surface area contributed by atoms with Crippen molar-refractivity contribution in [2.45, 2.75) is 5.03 Å². The Kier molecular flexibility index (Phi) is 4.63. The quantitative estimate of drug-likeness (QED) is 0.374. The fourth-order valence-electron chi connectivity index (χ4n) is 1.36. The lowest BCUT2D eigenvalue weighted by atomic mass is 10.2. The molecular weight excluding hydrogens is 471 g/mol. The molecule has 0 aliphatic heterocycles. The van der Waals surface area contributed by atoms with E-state index in [9.17, 15) is 4.39 Å². The van der Waals surface area contributed by atoms with Crippen molar-refractivity contribution in [1.29, 1.82) is 0 Å². The molecule has 0 bridgehead atoms. The van der Waals surface area contributed by atoms with Gasteiger partial charge >= 0.3 is 0 Å². The SMILES string of the molecule is Fc1cc(Cl)c(Br)c2cc(SCl)n(SI)c12. The first-order chi connectivity index (χ1) is 7.60. The highest BCUT2D eigenvalue weighted by molar-refractivity contribution is 14.2. The smallest absolute Gasteiger partial charge is 0.149 e. The first-order valence-corrected chi connectivity index (χ1v) is 9.99. The predicted octanol–water partition coefficient (Wildman–Crippen LogP) is 6.29. The summed E-state index contributed by atoms with van der Waals surface area (Å²) in [5.74, 6) is -0.357. The van der Waals surface area contributed by atoms with E-state index < -0.39 is 0 Å². The van der Waals surface area contributed by atoms with Crippen molar-refractivity contribution in [3.8, 4) is 0 Å². The molecule has 0 unspecified atom stereocenters. The van der Waals surface area contributed by atoms with Crippen molar-refractivity contribution < 1.29 is 4.39 Å². The van der Waals surface area contributed by atoms with Gasteiger partial charge in [-0.3, -0.25) is 3.97 Å². The summed E-state index contributed by atoms with van der Waals surface area (Å²) in [6, 6.07) is 3.09. The molecule has 0 saturated heterocycles. The molecule has 1 nitrogen and oxygen atoms in total. The number of benzene rings is 1. The molecule has 0 fully saturated rings. The van der Waals surface area contributed by atoms with Gasteiger partial charge in [-0.05, 0) is 38.7 Å². The largest absolute Gasteiger partial charge is 0.265 e. The van der Waals surface area contributed by atoms with Crippen molar-refractivity contribution in [3.63, 3.8) is 0 Å². The summed E-state index contributed by atoms with van der Waals surface area (Å²) in [6.45, 7) is 0. The second kappa shape index (κ2) is 5.44. The van der Waals surface area contributed by atoms with Crippen molar-refractivity contribution in [2.24, 2.45) is 0 Å². The van der Waals surface area contributed by atoms with Crippen LogP contribution in [0.15, 0.2) is 21.6 Å². The predicted molar refractivity (Wildman–Crippen MR) is 83.3 cm³/mol. The van der Waals surface area contributed by atoms with Gasteiger partial charge in [0, 0.05) is 51.2 Å². The number of fused-ring (bicyclic) bond motifs is 1. The third-order valence-corrected chi connectivity index (χ3v) is 6.13. The lowest BCUT2D eigenvalue weighted by Gasteiger charge is -2.04. The van der Waals surface area contributed by atoms with Crippen molar-refractivity contribution in [2.75, 3.05) is 0 Å². The number of aromatic nitrogens is 1. The minimum atomic E-state index is -0.357. The zero-order chi connectivity index (χ0) is 11.9. The van der Waals surface area contributed by atoms with Crippen LogP contribution < -0.4 is 0 Å². The second-order valence-corrected chi connectivity index (χ2v) is 6.76. The van der Waals surface area contributed by atoms with Crippen molar-refractivity contribution in [1.82, 2.24) is 3.97 Å². The van der Waals surface area contributed by atoms with Crippen molar-refractivity contribution >= 4 is 90.4 Å². The zero-order valence-electron chi connectivity index (χ0n) is 7.31. The minimum absolute atomic E-state index is 0.353. The Morgan fingerprint density at radius 3 is 2.69 bits per heavy atom. The summed E-state index contributed by atoms with van der Waals surface area (Å²) in [6.07, 6.45) is 0.